The van der Waals surface area contributed by atoms with Crippen molar-refractivity contribution < 1.29 is 40.7 Å². The number of carbonyl (C=O) groups excluding carboxylic acids is 1. The topological polar surface area (TPSA) is 84.2 Å². The van der Waals surface area contributed by atoms with Crippen molar-refractivity contribution in [2.45, 2.75) is 0 Å². The SMILES string of the molecule is [Li+].[NH-]C(=O)OCS(=O)(=O)F. The van der Waals surface area contributed by atoms with Crippen LogP contribution in [0.3, 0.4) is 0 Å². The molecule has 0 aromatic carbocycles. The van der Waals surface area contributed by atoms with Crippen LogP contribution in [0.1, 0.15) is 0 Å². The van der Waals surface area contributed by atoms with Gasteiger partial charge in [0.1, 0.15) is 0 Å². The van der Waals surface area contributed by atoms with Crippen molar-refractivity contribution in [3.05, 3.63) is 5.73 Å². The summed E-state index contributed by atoms with van der Waals surface area (Å²) in [5, 5.41) is 0. The van der Waals surface area contributed by atoms with Crippen LogP contribution in [-0.4, -0.2) is 20.4 Å². The first-order valence-corrected chi connectivity index (χ1v) is 3.28. The molecule has 8 heteroatoms. The molecule has 0 saturated heterocycles. The maximum Gasteiger partial charge on any atom is 1.00 e. The van der Waals surface area contributed by atoms with Gasteiger partial charge in [0.2, 0.25) is 12.0 Å². The molecule has 0 rings (SSSR count). The summed E-state index contributed by atoms with van der Waals surface area (Å²) in [6.45, 7) is 0. The standard InChI is InChI=1S/C2H4FNO4S.Li/c3-9(6,7)1-8-2(4)5;/h1H2,(H2,4,5);/q;+1/p-1. The Morgan fingerprint density at radius 1 is 1.60 bits per heavy atom. The van der Waals surface area contributed by atoms with E-state index in [1.165, 1.54) is 0 Å². The summed E-state index contributed by atoms with van der Waals surface area (Å²) in [6, 6.07) is 0. The third-order valence-electron chi connectivity index (χ3n) is 0.331. The van der Waals surface area contributed by atoms with Gasteiger partial charge in [-0.1, -0.05) is 0 Å². The van der Waals surface area contributed by atoms with Crippen LogP contribution in [0.2, 0.25) is 0 Å². The Bertz CT molecular complexity index is 201. The molecule has 0 bridgehead atoms. The largest absolute Gasteiger partial charge is 1.00 e. The van der Waals surface area contributed by atoms with Crippen LogP contribution in [0, 0.1) is 0 Å². The number of carbonyl (C=O) groups is 1. The van der Waals surface area contributed by atoms with E-state index in [4.69, 9.17) is 5.73 Å². The van der Waals surface area contributed by atoms with E-state index in [9.17, 15) is 17.1 Å². The maximum absolute atomic E-state index is 11.4. The van der Waals surface area contributed by atoms with Gasteiger partial charge in [-0.3, -0.25) is 4.79 Å². The smallest absolute Gasteiger partial charge is 0.632 e. The minimum atomic E-state index is -4.78. The van der Waals surface area contributed by atoms with Crippen molar-refractivity contribution in [2.75, 3.05) is 5.94 Å². The van der Waals surface area contributed by atoms with E-state index in [2.05, 4.69) is 4.74 Å². The summed E-state index contributed by atoms with van der Waals surface area (Å²) in [5.41, 5.74) is 5.97. The number of halogens is 1. The molecule has 0 atom stereocenters. The molecule has 0 unspecified atom stereocenters. The fraction of sp³-hybridized carbons (Fsp3) is 0.500. The molecule has 0 heterocycles. The molecule has 54 valence electrons. The summed E-state index contributed by atoms with van der Waals surface area (Å²) < 4.78 is 33.8. The van der Waals surface area contributed by atoms with E-state index < -0.39 is 22.3 Å². The fourth-order valence-electron chi connectivity index (χ4n) is 0.124. The Balaban J connectivity index is 0. The minimum Gasteiger partial charge on any atom is -0.632 e. The quantitative estimate of drug-likeness (QED) is 0.331. The molecule has 0 spiro atoms. The zero-order valence-corrected chi connectivity index (χ0v) is 5.94. The zero-order valence-electron chi connectivity index (χ0n) is 5.13. The fourth-order valence-corrected chi connectivity index (χ4v) is 0.372. The van der Waals surface area contributed by atoms with Crippen molar-refractivity contribution >= 4 is 16.3 Å². The van der Waals surface area contributed by atoms with Crippen molar-refractivity contribution in [3.63, 3.8) is 0 Å². The van der Waals surface area contributed by atoms with Crippen molar-refractivity contribution in [1.29, 1.82) is 0 Å². The van der Waals surface area contributed by atoms with Crippen molar-refractivity contribution in [3.8, 4) is 0 Å². The molecular formula is C2H3FLiNO4S. The Morgan fingerprint density at radius 3 is 2.10 bits per heavy atom. The molecule has 0 aromatic heterocycles. The summed E-state index contributed by atoms with van der Waals surface area (Å²) in [6.07, 6.45) is -1.57. The summed E-state index contributed by atoms with van der Waals surface area (Å²) in [4.78, 5) is 9.50. The van der Waals surface area contributed by atoms with Gasteiger partial charge in [0.05, 0.1) is 0 Å². The van der Waals surface area contributed by atoms with E-state index in [0.717, 1.165) is 0 Å². The average Bonchev–Trinajstić information content (AvgIpc) is 1.59. The van der Waals surface area contributed by atoms with Crippen molar-refractivity contribution in [1.82, 2.24) is 0 Å². The number of hydrogen-bond acceptors (Lipinski definition) is 4. The molecule has 0 aromatic rings. The van der Waals surface area contributed by atoms with Gasteiger partial charge >= 0.3 is 29.1 Å². The van der Waals surface area contributed by atoms with E-state index >= 15 is 0 Å². The van der Waals surface area contributed by atoms with Gasteiger partial charge in [0, 0.05) is 0 Å². The van der Waals surface area contributed by atoms with Gasteiger partial charge in [-0.15, -0.1) is 3.89 Å². The van der Waals surface area contributed by atoms with Crippen LogP contribution in [0.15, 0.2) is 0 Å². The molecule has 1 N–H and O–H groups in total. The van der Waals surface area contributed by atoms with E-state index in [0.29, 0.717) is 0 Å². The molecule has 0 saturated carbocycles. The second-order valence-electron chi connectivity index (χ2n) is 1.09. The van der Waals surface area contributed by atoms with Crippen LogP contribution in [0.25, 0.3) is 5.73 Å². The molecule has 0 aliphatic carbocycles. The average molecular weight is 163 g/mol. The Morgan fingerprint density at radius 2 is 2.00 bits per heavy atom. The normalized spacial score (nSPS) is 9.70. The molecule has 1 amide bonds. The van der Waals surface area contributed by atoms with Crippen LogP contribution in [0.5, 0.6) is 0 Å². The van der Waals surface area contributed by atoms with Gasteiger partial charge in [0.15, 0.2) is 0 Å². The monoisotopic (exact) mass is 163 g/mol. The predicted molar refractivity (Wildman–Crippen MR) is 25.7 cm³/mol. The molecule has 0 aliphatic rings. The number of nitrogens with one attached hydrogen (secondary N) is 1. The van der Waals surface area contributed by atoms with Gasteiger partial charge in [-0.25, -0.2) is 0 Å². The van der Waals surface area contributed by atoms with E-state index in [1.807, 2.05) is 0 Å². The summed E-state index contributed by atoms with van der Waals surface area (Å²) >= 11 is 0. The minimum absolute atomic E-state index is 0. The zero-order chi connectivity index (χ0) is 7.49. The molecule has 5 nitrogen and oxygen atoms in total. The van der Waals surface area contributed by atoms with Crippen LogP contribution >= 0.6 is 0 Å². The van der Waals surface area contributed by atoms with Crippen LogP contribution < -0.4 is 18.9 Å². The van der Waals surface area contributed by atoms with Gasteiger partial charge < -0.3 is 10.5 Å². The second kappa shape index (κ2) is 4.55. The first-order valence-electron chi connectivity index (χ1n) is 1.72. The van der Waals surface area contributed by atoms with Crippen LogP contribution in [-0.2, 0) is 15.0 Å². The molecule has 0 aliphatic heterocycles. The number of hydrogen-bond donors (Lipinski definition) is 0. The Hall–Kier alpha value is -0.253. The Labute approximate surface area is 69.1 Å². The summed E-state index contributed by atoms with van der Waals surface area (Å²) in [7, 11) is -4.78. The number of rotatable bonds is 2. The molecule has 0 fully saturated rings. The first kappa shape index (κ1) is 12.4. The molecular weight excluding hydrogens is 160 g/mol. The third kappa shape index (κ3) is 10.7. The maximum atomic E-state index is 11.4. The summed E-state index contributed by atoms with van der Waals surface area (Å²) in [5.74, 6) is -1.38. The van der Waals surface area contributed by atoms with Gasteiger partial charge in [-0.05, 0) is 0 Å². The molecule has 0 radical (unpaired) electrons. The molecule has 10 heavy (non-hydrogen) atoms. The van der Waals surface area contributed by atoms with E-state index in [-0.39, 0.29) is 18.9 Å². The van der Waals surface area contributed by atoms with Gasteiger partial charge in [-0.2, -0.15) is 8.42 Å². The third-order valence-corrected chi connectivity index (χ3v) is 0.730. The number of amides is 1. The van der Waals surface area contributed by atoms with Crippen molar-refractivity contribution in [2.24, 2.45) is 0 Å². The second-order valence-corrected chi connectivity index (χ2v) is 2.40. The van der Waals surface area contributed by atoms with E-state index in [1.54, 1.807) is 0 Å². The van der Waals surface area contributed by atoms with Crippen LogP contribution in [0.4, 0.5) is 8.68 Å². The number of ether oxygens (including phenoxy) is 1. The van der Waals surface area contributed by atoms with Gasteiger partial charge in [0.25, 0.3) is 0 Å². The predicted octanol–water partition coefficient (Wildman–Crippen LogP) is -2.56. The Kier molecular flexibility index (Phi) is 5.65. The first-order chi connectivity index (χ1) is 3.92.